The first-order valence-corrected chi connectivity index (χ1v) is 7.21. The Kier molecular flexibility index (Phi) is 4.42. The first kappa shape index (κ1) is 14.6. The van der Waals surface area contributed by atoms with Gasteiger partial charge in [-0.05, 0) is 39.3 Å². The number of carbonyl (C=O) groups excluding carboxylic acids is 2. The Morgan fingerprint density at radius 1 is 1.25 bits per heavy atom. The summed E-state index contributed by atoms with van der Waals surface area (Å²) in [5.74, 6) is -0.248. The quantitative estimate of drug-likeness (QED) is 0.895. The molecule has 0 heterocycles. The molecule has 2 unspecified atom stereocenters. The fourth-order valence-electron chi connectivity index (χ4n) is 2.42. The third-order valence-corrected chi connectivity index (χ3v) is 3.53. The van der Waals surface area contributed by atoms with Gasteiger partial charge >= 0.3 is 0 Å². The van der Waals surface area contributed by atoms with Crippen LogP contribution < -0.4 is 10.2 Å². The molecule has 0 bridgehead atoms. The summed E-state index contributed by atoms with van der Waals surface area (Å²) < 4.78 is 0. The van der Waals surface area contributed by atoms with Crippen LogP contribution in [0.15, 0.2) is 30.3 Å². The van der Waals surface area contributed by atoms with E-state index in [1.54, 1.807) is 4.90 Å². The monoisotopic (exact) mass is 274 g/mol. The fraction of sp³-hybridized carbons (Fsp3) is 0.500. The summed E-state index contributed by atoms with van der Waals surface area (Å²) in [5, 5.41) is 2.88. The number of benzene rings is 1. The summed E-state index contributed by atoms with van der Waals surface area (Å²) in [6.45, 7) is 6.44. The van der Waals surface area contributed by atoms with Crippen molar-refractivity contribution in [2.75, 3.05) is 11.4 Å². The normalized spacial score (nSPS) is 20.6. The van der Waals surface area contributed by atoms with Crippen molar-refractivity contribution in [1.82, 2.24) is 5.32 Å². The molecule has 1 saturated carbocycles. The maximum atomic E-state index is 12.5. The number of anilines is 1. The molecule has 1 N–H and O–H groups in total. The van der Waals surface area contributed by atoms with Crippen LogP contribution in [-0.4, -0.2) is 24.4 Å². The number of carbonyl (C=O) groups is 2. The van der Waals surface area contributed by atoms with E-state index in [1.165, 1.54) is 0 Å². The highest BCUT2D eigenvalue weighted by atomic mass is 16.2. The lowest BCUT2D eigenvalue weighted by atomic mass is 10.2. The Hall–Kier alpha value is -1.84. The minimum Gasteiger partial charge on any atom is -0.354 e. The minimum atomic E-state index is -0.158. The van der Waals surface area contributed by atoms with E-state index < -0.39 is 0 Å². The molecular weight excluding hydrogens is 252 g/mol. The topological polar surface area (TPSA) is 49.4 Å². The predicted molar refractivity (Wildman–Crippen MR) is 79.3 cm³/mol. The lowest BCUT2D eigenvalue weighted by Gasteiger charge is -2.21. The number of hydrogen-bond acceptors (Lipinski definition) is 2. The molecule has 2 rings (SSSR count). The second-order valence-electron chi connectivity index (χ2n) is 5.53. The van der Waals surface area contributed by atoms with Crippen LogP contribution in [0.4, 0.5) is 5.69 Å². The zero-order valence-corrected chi connectivity index (χ0v) is 12.3. The van der Waals surface area contributed by atoms with Gasteiger partial charge in [0.25, 0.3) is 0 Å². The van der Waals surface area contributed by atoms with Crippen molar-refractivity contribution in [3.63, 3.8) is 0 Å². The van der Waals surface area contributed by atoms with Crippen molar-refractivity contribution < 1.29 is 9.59 Å². The summed E-state index contributed by atoms with van der Waals surface area (Å²) in [7, 11) is 0. The Labute approximate surface area is 120 Å². The first-order valence-electron chi connectivity index (χ1n) is 7.21. The van der Waals surface area contributed by atoms with Gasteiger partial charge in [0.15, 0.2) is 0 Å². The molecule has 1 aliphatic carbocycles. The molecule has 0 aromatic heterocycles. The molecule has 0 saturated heterocycles. The Morgan fingerprint density at radius 3 is 2.45 bits per heavy atom. The SMILES string of the molecule is CCN(C(=O)C1CC1C(=O)NC(C)C)c1ccccc1. The van der Waals surface area contributed by atoms with E-state index in [2.05, 4.69) is 5.32 Å². The van der Waals surface area contributed by atoms with Crippen LogP contribution >= 0.6 is 0 Å². The summed E-state index contributed by atoms with van der Waals surface area (Å²) in [6.07, 6.45) is 0.667. The molecule has 4 nitrogen and oxygen atoms in total. The van der Waals surface area contributed by atoms with Crippen molar-refractivity contribution in [2.24, 2.45) is 11.8 Å². The zero-order chi connectivity index (χ0) is 14.7. The molecule has 4 heteroatoms. The summed E-state index contributed by atoms with van der Waals surface area (Å²) >= 11 is 0. The van der Waals surface area contributed by atoms with E-state index in [4.69, 9.17) is 0 Å². The molecule has 0 radical (unpaired) electrons. The largest absolute Gasteiger partial charge is 0.354 e. The molecular formula is C16H22N2O2. The Morgan fingerprint density at radius 2 is 1.90 bits per heavy atom. The molecule has 0 aliphatic heterocycles. The fourth-order valence-corrected chi connectivity index (χ4v) is 2.42. The molecule has 20 heavy (non-hydrogen) atoms. The average molecular weight is 274 g/mol. The van der Waals surface area contributed by atoms with Crippen LogP contribution in [0.2, 0.25) is 0 Å². The van der Waals surface area contributed by atoms with Gasteiger partial charge in [-0.25, -0.2) is 0 Å². The lowest BCUT2D eigenvalue weighted by Crippen LogP contribution is -2.36. The number of rotatable bonds is 5. The van der Waals surface area contributed by atoms with Crippen molar-refractivity contribution >= 4 is 17.5 Å². The number of para-hydroxylation sites is 1. The highest BCUT2D eigenvalue weighted by Crippen LogP contribution is 2.41. The Balaban J connectivity index is 2.00. The van der Waals surface area contributed by atoms with Gasteiger partial charge < -0.3 is 10.2 Å². The van der Waals surface area contributed by atoms with Gasteiger partial charge in [-0.2, -0.15) is 0 Å². The second kappa shape index (κ2) is 6.07. The van der Waals surface area contributed by atoms with Crippen molar-refractivity contribution in [3.8, 4) is 0 Å². The van der Waals surface area contributed by atoms with Crippen molar-refractivity contribution in [2.45, 2.75) is 33.2 Å². The van der Waals surface area contributed by atoms with Crippen LogP contribution in [0.25, 0.3) is 0 Å². The minimum absolute atomic E-state index is 0.00228. The standard InChI is InChI=1S/C16H22N2O2/c1-4-18(12-8-6-5-7-9-12)16(20)14-10-13(14)15(19)17-11(2)3/h5-9,11,13-14H,4,10H2,1-3H3,(H,17,19). The van der Waals surface area contributed by atoms with Gasteiger partial charge in [-0.3, -0.25) is 9.59 Å². The molecule has 1 fully saturated rings. The number of nitrogens with zero attached hydrogens (tertiary/aromatic N) is 1. The summed E-state index contributed by atoms with van der Waals surface area (Å²) in [4.78, 5) is 26.1. The van der Waals surface area contributed by atoms with Gasteiger partial charge in [0, 0.05) is 18.3 Å². The van der Waals surface area contributed by atoms with E-state index in [-0.39, 0.29) is 29.7 Å². The molecule has 2 atom stereocenters. The van der Waals surface area contributed by atoms with Crippen LogP contribution in [0.3, 0.4) is 0 Å². The molecule has 1 aromatic carbocycles. The molecule has 2 amide bonds. The number of nitrogens with one attached hydrogen (secondary N) is 1. The van der Waals surface area contributed by atoms with E-state index in [9.17, 15) is 9.59 Å². The Bertz CT molecular complexity index is 485. The van der Waals surface area contributed by atoms with Crippen LogP contribution in [0, 0.1) is 11.8 Å². The van der Waals surface area contributed by atoms with Gasteiger partial charge in [-0.1, -0.05) is 18.2 Å². The van der Waals surface area contributed by atoms with Crippen LogP contribution in [0.5, 0.6) is 0 Å². The average Bonchev–Trinajstić information content (AvgIpc) is 3.20. The van der Waals surface area contributed by atoms with Crippen molar-refractivity contribution in [3.05, 3.63) is 30.3 Å². The zero-order valence-electron chi connectivity index (χ0n) is 12.3. The number of amides is 2. The highest BCUT2D eigenvalue weighted by Gasteiger charge is 2.49. The van der Waals surface area contributed by atoms with Gasteiger partial charge in [0.2, 0.25) is 11.8 Å². The smallest absolute Gasteiger partial charge is 0.230 e. The van der Waals surface area contributed by atoms with E-state index >= 15 is 0 Å². The summed E-state index contributed by atoms with van der Waals surface area (Å²) in [6, 6.07) is 9.73. The molecule has 1 aliphatic rings. The maximum absolute atomic E-state index is 12.5. The third-order valence-electron chi connectivity index (χ3n) is 3.53. The summed E-state index contributed by atoms with van der Waals surface area (Å²) in [5.41, 5.74) is 0.898. The van der Waals surface area contributed by atoms with Gasteiger partial charge in [0.05, 0.1) is 11.8 Å². The van der Waals surface area contributed by atoms with Gasteiger partial charge in [-0.15, -0.1) is 0 Å². The molecule has 108 valence electrons. The second-order valence-corrected chi connectivity index (χ2v) is 5.53. The van der Waals surface area contributed by atoms with E-state index in [1.807, 2.05) is 51.1 Å². The van der Waals surface area contributed by atoms with E-state index in [0.29, 0.717) is 13.0 Å². The lowest BCUT2D eigenvalue weighted by molar-refractivity contribution is -0.126. The molecule has 0 spiro atoms. The van der Waals surface area contributed by atoms with Crippen LogP contribution in [-0.2, 0) is 9.59 Å². The first-order chi connectivity index (χ1) is 9.54. The predicted octanol–water partition coefficient (Wildman–Crippen LogP) is 2.20. The molecule has 1 aromatic rings. The van der Waals surface area contributed by atoms with Crippen molar-refractivity contribution in [1.29, 1.82) is 0 Å². The number of hydrogen-bond donors (Lipinski definition) is 1. The highest BCUT2D eigenvalue weighted by molar-refractivity contribution is 6.01. The maximum Gasteiger partial charge on any atom is 0.230 e. The van der Waals surface area contributed by atoms with Gasteiger partial charge in [0.1, 0.15) is 0 Å². The van der Waals surface area contributed by atoms with E-state index in [0.717, 1.165) is 5.69 Å². The van der Waals surface area contributed by atoms with Crippen LogP contribution in [0.1, 0.15) is 27.2 Å². The third kappa shape index (κ3) is 3.18.